The van der Waals surface area contributed by atoms with Gasteiger partial charge in [-0.05, 0) is 30.4 Å². The smallest absolute Gasteiger partial charge is 0.218 e. The second kappa shape index (κ2) is 12.4. The minimum Gasteiger partial charge on any atom is -0.726 e. The molecule has 0 saturated carbocycles. The summed E-state index contributed by atoms with van der Waals surface area (Å²) in [6.45, 7) is 6.08. The number of nitrogens with zero attached hydrogens (tertiary/aromatic N) is 1. The fraction of sp³-hybridized carbons (Fsp3) is 0.682. The molecule has 1 aromatic rings. The number of hydrogen-bond acceptors (Lipinski definition) is 5. The lowest BCUT2D eigenvalue weighted by atomic mass is 9.97. The Balaban J connectivity index is 1.93. The maximum Gasteiger partial charge on any atom is 0.218 e. The molecule has 0 saturated heterocycles. The average molecular weight is 426 g/mol. The summed E-state index contributed by atoms with van der Waals surface area (Å²) in [7, 11) is -4.78. The van der Waals surface area contributed by atoms with Crippen molar-refractivity contribution in [2.24, 2.45) is 5.92 Å². The molecule has 2 unspecified atom stereocenters. The largest absolute Gasteiger partial charge is 0.726 e. The van der Waals surface area contributed by atoms with Crippen LogP contribution in [0.4, 0.5) is 0 Å². The zero-order valence-electron chi connectivity index (χ0n) is 17.7. The molecule has 0 radical (unpaired) electrons. The third-order valence-corrected chi connectivity index (χ3v) is 5.82. The van der Waals surface area contributed by atoms with Gasteiger partial charge in [0.1, 0.15) is 6.54 Å². The lowest BCUT2D eigenvalue weighted by molar-refractivity contribution is -0.532. The summed E-state index contributed by atoms with van der Waals surface area (Å²) in [5.41, 5.74) is 2.38. The molecule has 0 bridgehead atoms. The van der Waals surface area contributed by atoms with E-state index in [0.717, 1.165) is 37.8 Å². The van der Waals surface area contributed by atoms with Crippen LogP contribution >= 0.6 is 0 Å². The zero-order chi connectivity index (χ0) is 21.1. The highest BCUT2D eigenvalue weighted by molar-refractivity contribution is 7.80. The predicted octanol–water partition coefficient (Wildman–Crippen LogP) is 3.53. The summed E-state index contributed by atoms with van der Waals surface area (Å²) < 4.78 is 46.2. The molecule has 0 fully saturated rings. The number of unbranched alkanes of at least 4 members (excludes halogenated alkanes) is 2. The molecular weight excluding hydrogens is 390 g/mol. The van der Waals surface area contributed by atoms with E-state index in [-0.39, 0.29) is 6.61 Å². The van der Waals surface area contributed by atoms with Crippen LogP contribution in [0.25, 0.3) is 0 Å². The van der Waals surface area contributed by atoms with Gasteiger partial charge in [-0.2, -0.15) is 0 Å². The Kier molecular flexibility index (Phi) is 10.3. The monoisotopic (exact) mass is 425 g/mol. The highest BCUT2D eigenvalue weighted by Crippen LogP contribution is 2.17. The Hall–Kier alpha value is -1.28. The van der Waals surface area contributed by atoms with Gasteiger partial charge in [0.2, 0.25) is 10.4 Å². The van der Waals surface area contributed by atoms with Crippen molar-refractivity contribution in [2.75, 3.05) is 26.3 Å². The van der Waals surface area contributed by atoms with Crippen LogP contribution in [-0.4, -0.2) is 56.2 Å². The summed E-state index contributed by atoms with van der Waals surface area (Å²) in [5.74, 6) is 0.462. The van der Waals surface area contributed by atoms with Gasteiger partial charge in [0.15, 0.2) is 18.9 Å². The molecule has 6 nitrogen and oxygen atoms in total. The van der Waals surface area contributed by atoms with E-state index >= 15 is 0 Å². The van der Waals surface area contributed by atoms with Crippen molar-refractivity contribution >= 4 is 16.6 Å². The van der Waals surface area contributed by atoms with Crippen molar-refractivity contribution in [3.63, 3.8) is 0 Å². The van der Waals surface area contributed by atoms with Crippen molar-refractivity contribution < 1.29 is 26.5 Å². The van der Waals surface area contributed by atoms with Crippen LogP contribution in [-0.2, 0) is 25.7 Å². The number of rotatable bonds is 14. The van der Waals surface area contributed by atoms with Crippen molar-refractivity contribution in [1.29, 1.82) is 0 Å². The Morgan fingerprint density at radius 1 is 1.10 bits per heavy atom. The SMILES string of the molecule is CCCCCC(CCC)COCC(C[N+]1=Cc2ccccc2CC1)OS(=O)(=O)[O-]. The molecule has 0 amide bonds. The normalized spacial score (nSPS) is 16.2. The van der Waals surface area contributed by atoms with Gasteiger partial charge in [-0.3, -0.25) is 4.18 Å². The Morgan fingerprint density at radius 3 is 2.62 bits per heavy atom. The number of hydrogen-bond donors (Lipinski definition) is 0. The molecule has 0 aliphatic carbocycles. The van der Waals surface area contributed by atoms with Crippen molar-refractivity contribution in [1.82, 2.24) is 0 Å². The van der Waals surface area contributed by atoms with Gasteiger partial charge < -0.3 is 9.29 Å². The standard InChI is InChI=1S/C22H35NO5S/c1-3-5-6-10-19(9-4-2)17-27-18-22(28-29(24,25)26)16-23-14-13-20-11-7-8-12-21(20)15-23/h7-8,11-12,15,19,22H,3-6,9-10,13-14,16-18H2,1-2H3. The third kappa shape index (κ3) is 9.38. The first kappa shape index (κ1) is 24.0. The van der Waals surface area contributed by atoms with E-state index in [4.69, 9.17) is 8.92 Å². The summed E-state index contributed by atoms with van der Waals surface area (Å²) >= 11 is 0. The fourth-order valence-electron chi connectivity index (χ4n) is 3.86. The van der Waals surface area contributed by atoms with Crippen LogP contribution in [0, 0.1) is 5.92 Å². The summed E-state index contributed by atoms with van der Waals surface area (Å²) in [6.07, 6.45) is 8.95. The summed E-state index contributed by atoms with van der Waals surface area (Å²) in [5, 5.41) is 0. The van der Waals surface area contributed by atoms with Gasteiger partial charge in [0.05, 0.1) is 6.61 Å². The lowest BCUT2D eigenvalue weighted by Gasteiger charge is -2.22. The molecule has 2 rings (SSSR count). The molecule has 164 valence electrons. The van der Waals surface area contributed by atoms with Crippen LogP contribution in [0.15, 0.2) is 24.3 Å². The van der Waals surface area contributed by atoms with Gasteiger partial charge in [0.25, 0.3) is 0 Å². The maximum absolute atomic E-state index is 11.2. The van der Waals surface area contributed by atoms with E-state index < -0.39 is 16.5 Å². The molecule has 2 atom stereocenters. The minimum absolute atomic E-state index is 0.0987. The highest BCUT2D eigenvalue weighted by Gasteiger charge is 2.23. The van der Waals surface area contributed by atoms with E-state index in [2.05, 4.69) is 19.9 Å². The van der Waals surface area contributed by atoms with Gasteiger partial charge in [0, 0.05) is 18.6 Å². The Labute approximate surface area is 175 Å². The first-order valence-electron chi connectivity index (χ1n) is 10.8. The molecule has 0 spiro atoms. The summed E-state index contributed by atoms with van der Waals surface area (Å²) in [4.78, 5) is 0. The minimum atomic E-state index is -4.78. The van der Waals surface area contributed by atoms with Gasteiger partial charge in [-0.25, -0.2) is 13.0 Å². The molecule has 7 heteroatoms. The number of benzene rings is 1. The first-order chi connectivity index (χ1) is 13.9. The van der Waals surface area contributed by atoms with Crippen LogP contribution < -0.4 is 0 Å². The second-order valence-electron chi connectivity index (χ2n) is 7.89. The van der Waals surface area contributed by atoms with Gasteiger partial charge >= 0.3 is 0 Å². The predicted molar refractivity (Wildman–Crippen MR) is 113 cm³/mol. The number of fused-ring (bicyclic) bond motifs is 1. The highest BCUT2D eigenvalue weighted by atomic mass is 32.3. The van der Waals surface area contributed by atoms with E-state index in [0.29, 0.717) is 19.1 Å². The maximum atomic E-state index is 11.2. The topological polar surface area (TPSA) is 78.7 Å². The van der Waals surface area contributed by atoms with Crippen molar-refractivity contribution in [3.05, 3.63) is 35.4 Å². The van der Waals surface area contributed by atoms with E-state index in [1.54, 1.807) is 0 Å². The molecule has 1 aromatic carbocycles. The lowest BCUT2D eigenvalue weighted by Crippen LogP contribution is -2.36. The van der Waals surface area contributed by atoms with E-state index in [9.17, 15) is 13.0 Å². The molecular formula is C22H35NO5S. The Morgan fingerprint density at radius 2 is 1.90 bits per heavy atom. The zero-order valence-corrected chi connectivity index (χ0v) is 18.5. The molecule has 0 N–H and O–H groups in total. The van der Waals surface area contributed by atoms with Gasteiger partial charge in [-0.1, -0.05) is 57.7 Å². The molecule has 0 aromatic heterocycles. The number of ether oxygens (including phenoxy) is 1. The third-order valence-electron chi connectivity index (χ3n) is 5.31. The van der Waals surface area contributed by atoms with Crippen molar-refractivity contribution in [3.8, 4) is 0 Å². The quantitative estimate of drug-likeness (QED) is 0.197. The fourth-order valence-corrected chi connectivity index (χ4v) is 4.31. The van der Waals surface area contributed by atoms with E-state index in [1.807, 2.05) is 29.0 Å². The van der Waals surface area contributed by atoms with Crippen LogP contribution in [0.5, 0.6) is 0 Å². The van der Waals surface area contributed by atoms with Crippen LogP contribution in [0.2, 0.25) is 0 Å². The van der Waals surface area contributed by atoms with Crippen LogP contribution in [0.1, 0.15) is 63.5 Å². The molecule has 29 heavy (non-hydrogen) atoms. The van der Waals surface area contributed by atoms with Gasteiger partial charge in [-0.15, -0.1) is 0 Å². The summed E-state index contributed by atoms with van der Waals surface area (Å²) in [6, 6.07) is 8.11. The van der Waals surface area contributed by atoms with Crippen LogP contribution in [0.3, 0.4) is 0 Å². The first-order valence-corrected chi connectivity index (χ1v) is 12.1. The molecule has 1 aliphatic heterocycles. The van der Waals surface area contributed by atoms with E-state index in [1.165, 1.54) is 24.8 Å². The second-order valence-corrected chi connectivity index (χ2v) is 8.90. The average Bonchev–Trinajstić information content (AvgIpc) is 2.67. The Bertz CT molecular complexity index is 747. The molecule has 1 heterocycles. The van der Waals surface area contributed by atoms with Crippen molar-refractivity contribution in [2.45, 2.75) is 64.9 Å². The molecule has 1 aliphatic rings.